The molecule has 1 aliphatic carbocycles. The van der Waals surface area contributed by atoms with Gasteiger partial charge in [0.05, 0.1) is 16.5 Å². The number of amides is 1. The first kappa shape index (κ1) is 27.4. The molecule has 0 bridgehead atoms. The van der Waals surface area contributed by atoms with Crippen molar-refractivity contribution in [2.75, 3.05) is 20.1 Å². The largest absolute Gasteiger partial charge is 0.457 e. The van der Waals surface area contributed by atoms with E-state index in [4.69, 9.17) is 32.7 Å². The molecule has 2 aliphatic rings. The average molecular weight is 547 g/mol. The number of ether oxygens (including phenoxy) is 2. The summed E-state index contributed by atoms with van der Waals surface area (Å²) in [5.74, 6) is -0.404. The Labute approximate surface area is 227 Å². The number of likely N-dealkylation sites (tertiary alicyclic amines) is 1. The summed E-state index contributed by atoms with van der Waals surface area (Å²) in [5.41, 5.74) is 0.372. The molecule has 9 heteroatoms. The summed E-state index contributed by atoms with van der Waals surface area (Å²) in [6.07, 6.45) is 2.75. The van der Waals surface area contributed by atoms with Gasteiger partial charge in [-0.2, -0.15) is 0 Å². The number of hydrogen-bond donors (Lipinski definition) is 1. The number of fused-ring (bicyclic) bond motifs is 1. The van der Waals surface area contributed by atoms with E-state index < -0.39 is 17.0 Å². The number of carbonyl (C=O) groups is 3. The molecule has 2 aromatic rings. The zero-order chi connectivity index (χ0) is 26.8. The van der Waals surface area contributed by atoms with Crippen LogP contribution in [0.15, 0.2) is 42.5 Å². The van der Waals surface area contributed by atoms with Crippen LogP contribution < -0.4 is 10.1 Å². The van der Waals surface area contributed by atoms with Crippen LogP contribution in [0.25, 0.3) is 0 Å². The van der Waals surface area contributed by atoms with Crippen LogP contribution in [-0.2, 0) is 31.0 Å². The van der Waals surface area contributed by atoms with Gasteiger partial charge in [-0.25, -0.2) is 0 Å². The Bertz CT molecular complexity index is 1200. The molecular weight excluding hydrogens is 515 g/mol. The van der Waals surface area contributed by atoms with Gasteiger partial charge in [0.25, 0.3) is 0 Å². The Balaban J connectivity index is 1.65. The second kappa shape index (κ2) is 11.0. The van der Waals surface area contributed by atoms with E-state index in [1.165, 1.54) is 13.8 Å². The quantitative estimate of drug-likeness (QED) is 0.417. The Morgan fingerprint density at radius 3 is 2.54 bits per heavy atom. The summed E-state index contributed by atoms with van der Waals surface area (Å²) < 4.78 is 11.6. The summed E-state index contributed by atoms with van der Waals surface area (Å²) in [7, 11) is 2.02. The first-order valence-electron chi connectivity index (χ1n) is 12.4. The molecule has 0 aromatic heterocycles. The highest BCUT2D eigenvalue weighted by Crippen LogP contribution is 2.54. The normalized spacial score (nSPS) is 25.6. The molecule has 4 rings (SSSR count). The third-order valence-electron chi connectivity index (χ3n) is 7.51. The van der Waals surface area contributed by atoms with Crippen LogP contribution in [0.4, 0.5) is 0 Å². The topological polar surface area (TPSA) is 84.9 Å². The van der Waals surface area contributed by atoms with Gasteiger partial charge in [0.2, 0.25) is 5.91 Å². The molecular formula is C28H32Cl2N2O5. The van der Waals surface area contributed by atoms with Crippen molar-refractivity contribution in [2.45, 2.75) is 63.0 Å². The molecule has 1 N–H and O–H groups in total. The summed E-state index contributed by atoms with van der Waals surface area (Å²) in [4.78, 5) is 39.2. The highest BCUT2D eigenvalue weighted by Gasteiger charge is 2.60. The lowest BCUT2D eigenvalue weighted by atomic mass is 9.55. The minimum absolute atomic E-state index is 0.111. The van der Waals surface area contributed by atoms with Crippen molar-refractivity contribution in [1.29, 1.82) is 0 Å². The fraction of sp³-hybridized carbons (Fsp3) is 0.464. The molecule has 2 fully saturated rings. The van der Waals surface area contributed by atoms with Crippen LogP contribution in [-0.4, -0.2) is 54.5 Å². The van der Waals surface area contributed by atoms with Gasteiger partial charge in [0, 0.05) is 31.8 Å². The number of benzene rings is 2. The fourth-order valence-electron chi connectivity index (χ4n) is 6.05. The molecule has 3 atom stereocenters. The van der Waals surface area contributed by atoms with Gasteiger partial charge in [0.15, 0.2) is 0 Å². The minimum Gasteiger partial charge on any atom is -0.457 e. The Morgan fingerprint density at radius 1 is 1.05 bits per heavy atom. The Morgan fingerprint density at radius 2 is 1.84 bits per heavy atom. The van der Waals surface area contributed by atoms with E-state index in [-0.39, 0.29) is 24.3 Å². The summed E-state index contributed by atoms with van der Waals surface area (Å²) in [6.45, 7) is 4.18. The average Bonchev–Trinajstić information content (AvgIpc) is 2.81. The summed E-state index contributed by atoms with van der Waals surface area (Å²) >= 11 is 12.1. The van der Waals surface area contributed by atoms with Crippen molar-refractivity contribution >= 4 is 41.0 Å². The molecule has 198 valence electrons. The minimum atomic E-state index is -0.772. The molecule has 1 aliphatic heterocycles. The fourth-order valence-corrected chi connectivity index (χ4v) is 6.37. The third-order valence-corrected chi connectivity index (χ3v) is 8.25. The van der Waals surface area contributed by atoms with E-state index in [0.717, 1.165) is 24.1 Å². The van der Waals surface area contributed by atoms with E-state index in [0.29, 0.717) is 41.6 Å². The van der Waals surface area contributed by atoms with E-state index in [1.807, 2.05) is 25.2 Å². The van der Waals surface area contributed by atoms with Crippen molar-refractivity contribution in [3.05, 3.63) is 63.6 Å². The highest BCUT2D eigenvalue weighted by atomic mass is 35.5. The third kappa shape index (κ3) is 5.95. The monoisotopic (exact) mass is 546 g/mol. The SMILES string of the molecule is CC(=O)Oc1cccc(C23CCN(C)CC2(OC(C)=O)CC[C@@H](NC(=O)Cc2ccc(Cl)c(Cl)c2)C3)c1. The summed E-state index contributed by atoms with van der Waals surface area (Å²) in [5, 5.41) is 4.06. The number of piperidine rings is 1. The van der Waals surface area contributed by atoms with E-state index >= 15 is 0 Å². The maximum absolute atomic E-state index is 13.0. The van der Waals surface area contributed by atoms with Crippen LogP contribution in [0.2, 0.25) is 10.0 Å². The van der Waals surface area contributed by atoms with Gasteiger partial charge in [-0.05, 0) is 74.7 Å². The number of likely N-dealkylation sites (N-methyl/N-ethyl adjacent to an activating group) is 1. The Kier molecular flexibility index (Phi) is 8.17. The highest BCUT2D eigenvalue weighted by molar-refractivity contribution is 6.42. The number of hydrogen-bond acceptors (Lipinski definition) is 6. The van der Waals surface area contributed by atoms with Crippen molar-refractivity contribution in [3.8, 4) is 5.75 Å². The molecule has 0 spiro atoms. The number of nitrogens with one attached hydrogen (secondary N) is 1. The van der Waals surface area contributed by atoms with Gasteiger partial charge in [-0.15, -0.1) is 0 Å². The van der Waals surface area contributed by atoms with Crippen molar-refractivity contribution in [1.82, 2.24) is 10.2 Å². The van der Waals surface area contributed by atoms with Crippen LogP contribution in [0.1, 0.15) is 50.7 Å². The van der Waals surface area contributed by atoms with Gasteiger partial charge in [-0.1, -0.05) is 41.4 Å². The van der Waals surface area contributed by atoms with Gasteiger partial charge in [0.1, 0.15) is 11.4 Å². The maximum atomic E-state index is 13.0. The van der Waals surface area contributed by atoms with E-state index in [2.05, 4.69) is 10.2 Å². The molecule has 2 aromatic carbocycles. The lowest BCUT2D eigenvalue weighted by Gasteiger charge is -2.59. The second-order valence-electron chi connectivity index (χ2n) is 10.2. The number of nitrogens with zero attached hydrogens (tertiary/aromatic N) is 1. The number of halogens is 2. The van der Waals surface area contributed by atoms with Crippen LogP contribution in [0.5, 0.6) is 5.75 Å². The molecule has 1 saturated heterocycles. The molecule has 1 heterocycles. The van der Waals surface area contributed by atoms with E-state index in [9.17, 15) is 14.4 Å². The zero-order valence-electron chi connectivity index (χ0n) is 21.3. The van der Waals surface area contributed by atoms with Crippen LogP contribution in [0, 0.1) is 0 Å². The molecule has 7 nitrogen and oxygen atoms in total. The van der Waals surface area contributed by atoms with Crippen molar-refractivity contribution in [2.24, 2.45) is 0 Å². The zero-order valence-corrected chi connectivity index (χ0v) is 22.8. The second-order valence-corrected chi connectivity index (χ2v) is 11.0. The Hall–Kier alpha value is -2.61. The number of carbonyl (C=O) groups excluding carboxylic acids is 3. The van der Waals surface area contributed by atoms with Crippen LogP contribution in [0.3, 0.4) is 0 Å². The predicted octanol–water partition coefficient (Wildman–Crippen LogP) is 4.71. The number of esters is 2. The lowest BCUT2D eigenvalue weighted by molar-refractivity contribution is -0.185. The van der Waals surface area contributed by atoms with Crippen molar-refractivity contribution in [3.63, 3.8) is 0 Å². The van der Waals surface area contributed by atoms with Crippen LogP contribution >= 0.6 is 23.2 Å². The smallest absolute Gasteiger partial charge is 0.308 e. The van der Waals surface area contributed by atoms with Gasteiger partial charge < -0.3 is 19.7 Å². The van der Waals surface area contributed by atoms with Crippen molar-refractivity contribution < 1.29 is 23.9 Å². The lowest BCUT2D eigenvalue weighted by Crippen LogP contribution is -2.68. The molecule has 1 saturated carbocycles. The van der Waals surface area contributed by atoms with Gasteiger partial charge >= 0.3 is 11.9 Å². The molecule has 2 unspecified atom stereocenters. The maximum Gasteiger partial charge on any atom is 0.308 e. The van der Waals surface area contributed by atoms with Gasteiger partial charge in [-0.3, -0.25) is 14.4 Å². The molecule has 0 radical (unpaired) electrons. The van der Waals surface area contributed by atoms with E-state index in [1.54, 1.807) is 24.3 Å². The standard InChI is InChI=1S/C28H32Cl2N2O5/c1-18(33)36-23-6-4-5-21(15-23)27-11-12-32(3)17-28(27,37-19(2)34)10-9-22(16-27)31-26(35)14-20-7-8-24(29)25(30)13-20/h4-8,13,15,22H,9-12,14,16-17H2,1-3H3,(H,31,35)/t22-,27?,28?/m1/s1. The predicted molar refractivity (Wildman–Crippen MR) is 142 cm³/mol. The first-order chi connectivity index (χ1) is 17.5. The molecule has 37 heavy (non-hydrogen) atoms. The summed E-state index contributed by atoms with van der Waals surface area (Å²) in [6, 6.07) is 12.5. The molecule has 1 amide bonds. The first-order valence-corrected chi connectivity index (χ1v) is 13.2. The number of rotatable bonds is 6.